The maximum atomic E-state index is 8.25. The van der Waals surface area contributed by atoms with E-state index in [2.05, 4.69) is 0 Å². The van der Waals surface area contributed by atoms with E-state index < -0.39 is 0 Å². The molecule has 38 valence electrons. The molecule has 5 heteroatoms. The number of hydrogen-bond donors (Lipinski definition) is 0. The molecule has 4 N–H and O–H groups in total. The van der Waals surface area contributed by atoms with Crippen LogP contribution in [0.1, 0.15) is 0 Å². The van der Waals surface area contributed by atoms with Crippen molar-refractivity contribution in [3.05, 3.63) is 0 Å². The summed E-state index contributed by atoms with van der Waals surface area (Å²) in [6, 6.07) is 0. The van der Waals surface area contributed by atoms with Crippen LogP contribution in [0.25, 0.3) is 0 Å². The van der Waals surface area contributed by atoms with Gasteiger partial charge in [-0.2, -0.15) is 7.11 Å². The summed E-state index contributed by atoms with van der Waals surface area (Å²) in [4.78, 5) is 0. The Kier molecular flexibility index (Phi) is 804. The van der Waals surface area contributed by atoms with Crippen molar-refractivity contribution in [1.29, 1.82) is 0 Å². The van der Waals surface area contributed by atoms with E-state index in [1.165, 1.54) is 0 Å². The first-order chi connectivity index (χ1) is 1.00. The fraction of sp³-hybridized carbons (Fsp3) is 1.00. The molecule has 0 rings (SSSR count). The Hall–Kier alpha value is 1.43. The van der Waals surface area contributed by atoms with Gasteiger partial charge in [-0.1, -0.05) is 0 Å². The van der Waals surface area contributed by atoms with E-state index in [1.54, 1.807) is 0 Å². The van der Waals surface area contributed by atoms with E-state index in [1.807, 2.05) is 0 Å². The molecule has 0 aromatic heterocycles. The van der Waals surface area contributed by atoms with E-state index in [0.29, 0.717) is 0 Å². The van der Waals surface area contributed by atoms with Crippen molar-refractivity contribution in [2.75, 3.05) is 7.11 Å². The van der Waals surface area contributed by atoms with Gasteiger partial charge in [0.05, 0.1) is 0 Å². The van der Waals surface area contributed by atoms with Crippen LogP contribution in [0.15, 0.2) is 0 Å². The zero-order chi connectivity index (χ0) is 2.00. The molecule has 0 radical (unpaired) electrons. The van der Waals surface area contributed by atoms with Gasteiger partial charge in [-0.15, -0.1) is 0 Å². The molecular formula is CH7CaClO3. The molecule has 0 aliphatic heterocycles. The van der Waals surface area contributed by atoms with E-state index in [0.717, 1.165) is 7.11 Å². The van der Waals surface area contributed by atoms with Gasteiger partial charge in [0, 0.05) is 0 Å². The second-order valence-electron chi connectivity index (χ2n) is 0. The molecule has 0 spiro atoms. The van der Waals surface area contributed by atoms with Crippen LogP contribution >= 0.6 is 0 Å². The van der Waals surface area contributed by atoms with Gasteiger partial charge in [-0.3, -0.25) is 0 Å². The quantitative estimate of drug-likeness (QED) is 0.310. The van der Waals surface area contributed by atoms with Crippen molar-refractivity contribution in [3.63, 3.8) is 0 Å². The van der Waals surface area contributed by atoms with Crippen LogP contribution in [-0.4, -0.2) is 55.8 Å². The van der Waals surface area contributed by atoms with Gasteiger partial charge in [-0.25, -0.2) is 0 Å². The second kappa shape index (κ2) is 92.7. The molecule has 0 fully saturated rings. The molecular weight excluding hydrogens is 136 g/mol. The van der Waals surface area contributed by atoms with Gasteiger partial charge in [0.25, 0.3) is 0 Å². The Balaban J connectivity index is -0.000000000833. The van der Waals surface area contributed by atoms with E-state index in [-0.39, 0.29) is 61.1 Å². The predicted octanol–water partition coefficient (Wildman–Crippen LogP) is -6.05. The van der Waals surface area contributed by atoms with Crippen LogP contribution in [0.2, 0.25) is 0 Å². The first-order valence-corrected chi connectivity index (χ1v) is 0.408. The summed E-state index contributed by atoms with van der Waals surface area (Å²) in [7, 11) is 0.750. The van der Waals surface area contributed by atoms with Crippen molar-refractivity contribution in [1.82, 2.24) is 0 Å². The molecule has 0 saturated carbocycles. The summed E-state index contributed by atoms with van der Waals surface area (Å²) in [5.74, 6) is 0. The van der Waals surface area contributed by atoms with Gasteiger partial charge < -0.3 is 28.5 Å². The zero-order valence-corrected chi connectivity index (χ0v) is 6.46. The van der Waals surface area contributed by atoms with Gasteiger partial charge in [0.15, 0.2) is 0 Å². The van der Waals surface area contributed by atoms with E-state index >= 15 is 0 Å². The summed E-state index contributed by atoms with van der Waals surface area (Å²) in [6.07, 6.45) is 0. The van der Waals surface area contributed by atoms with Crippen LogP contribution in [-0.2, 0) is 0 Å². The molecule has 0 bridgehead atoms. The molecule has 6 heavy (non-hydrogen) atoms. The van der Waals surface area contributed by atoms with Crippen molar-refractivity contribution < 1.29 is 28.5 Å². The summed E-state index contributed by atoms with van der Waals surface area (Å²) < 4.78 is 0. The topological polar surface area (TPSA) is 86.1 Å². The van der Waals surface area contributed by atoms with Gasteiger partial charge >= 0.3 is 37.7 Å². The third-order valence-electron chi connectivity index (χ3n) is 0. The van der Waals surface area contributed by atoms with Crippen LogP contribution in [0.4, 0.5) is 0 Å². The Morgan fingerprint density at radius 2 is 1.00 bits per heavy atom. The molecule has 3 nitrogen and oxygen atoms in total. The van der Waals surface area contributed by atoms with Gasteiger partial charge in [-0.05, 0) is 0 Å². The Morgan fingerprint density at radius 3 is 1.00 bits per heavy atom. The van der Waals surface area contributed by atoms with Gasteiger partial charge in [0.1, 0.15) is 0 Å². The smallest absolute Gasteiger partial charge is 1.00 e. The molecule has 0 aliphatic rings. The first-order valence-electron chi connectivity index (χ1n) is 0.408. The fourth-order valence-electron chi connectivity index (χ4n) is 0. The largest absolute Gasteiger partial charge is 2.00 e. The SMILES string of the molecule is C[O-].O.O.[Ca+2].[Cl-]. The summed E-state index contributed by atoms with van der Waals surface area (Å²) in [6.45, 7) is 0. The van der Waals surface area contributed by atoms with Crippen molar-refractivity contribution >= 4 is 37.7 Å². The number of hydrogen-bond acceptors (Lipinski definition) is 1. The summed E-state index contributed by atoms with van der Waals surface area (Å²) in [5.41, 5.74) is 0. The van der Waals surface area contributed by atoms with Crippen molar-refractivity contribution in [2.24, 2.45) is 0 Å². The monoisotopic (exact) mass is 142 g/mol. The van der Waals surface area contributed by atoms with E-state index in [9.17, 15) is 0 Å². The van der Waals surface area contributed by atoms with Crippen LogP contribution in [0, 0.1) is 0 Å². The van der Waals surface area contributed by atoms with Crippen LogP contribution < -0.4 is 17.5 Å². The maximum Gasteiger partial charge on any atom is 2.00 e. The van der Waals surface area contributed by atoms with Crippen molar-refractivity contribution in [3.8, 4) is 0 Å². The Labute approximate surface area is 72.8 Å². The minimum atomic E-state index is 0. The minimum Gasteiger partial charge on any atom is -1.00 e. The zero-order valence-electron chi connectivity index (χ0n) is 3.49. The maximum absolute atomic E-state index is 8.25. The Bertz CT molecular complexity index is 10.8. The predicted molar refractivity (Wildman–Crippen MR) is 18.9 cm³/mol. The number of rotatable bonds is 0. The average Bonchev–Trinajstić information content (AvgIpc) is 1.00. The second-order valence-corrected chi connectivity index (χ2v) is 0. The number of halogens is 1. The molecule has 0 aromatic carbocycles. The van der Waals surface area contributed by atoms with Crippen molar-refractivity contribution in [2.45, 2.75) is 0 Å². The molecule has 0 aromatic rings. The van der Waals surface area contributed by atoms with Gasteiger partial charge in [0.2, 0.25) is 0 Å². The minimum absolute atomic E-state index is 0. The molecule has 0 saturated heterocycles. The molecule has 0 aliphatic carbocycles. The normalized spacial score (nSPS) is 1.00. The molecule has 0 atom stereocenters. The first kappa shape index (κ1) is 52.0. The fourth-order valence-corrected chi connectivity index (χ4v) is 0. The third kappa shape index (κ3) is 52.1. The molecule has 0 unspecified atom stereocenters. The molecule has 0 amide bonds. The Morgan fingerprint density at radius 1 is 1.00 bits per heavy atom. The van der Waals surface area contributed by atoms with Crippen LogP contribution in [0.3, 0.4) is 0 Å². The van der Waals surface area contributed by atoms with Crippen LogP contribution in [0.5, 0.6) is 0 Å². The standard InChI is InChI=1S/CH3O.Ca.ClH.2H2O/c1-2;;;;/h1H3;;1H;2*1H2/q-1;+2;;;/p-1. The third-order valence-corrected chi connectivity index (χ3v) is 0. The molecule has 0 heterocycles. The summed E-state index contributed by atoms with van der Waals surface area (Å²) >= 11 is 0. The summed E-state index contributed by atoms with van der Waals surface area (Å²) in [5, 5.41) is 8.25. The van der Waals surface area contributed by atoms with E-state index in [4.69, 9.17) is 5.11 Å². The average molecular weight is 143 g/mol.